The molecule has 1 saturated carbocycles. The summed E-state index contributed by atoms with van der Waals surface area (Å²) < 4.78 is 27.2. The monoisotopic (exact) mass is 363 g/mol. The Balaban J connectivity index is 1.39. The minimum Gasteiger partial charge on any atom is -0.302 e. The summed E-state index contributed by atoms with van der Waals surface area (Å²) in [5.41, 5.74) is 0.440. The average Bonchev–Trinajstić information content (AvgIpc) is 3.37. The minimum atomic E-state index is -0.531. The highest BCUT2D eigenvalue weighted by atomic mass is 32.1. The van der Waals surface area contributed by atoms with Gasteiger partial charge < -0.3 is 10.2 Å². The Labute approximate surface area is 148 Å². The van der Waals surface area contributed by atoms with Crippen LogP contribution in [-0.4, -0.2) is 34.9 Å². The van der Waals surface area contributed by atoms with Crippen molar-refractivity contribution in [3.63, 3.8) is 0 Å². The first-order chi connectivity index (χ1) is 12.1. The van der Waals surface area contributed by atoms with Gasteiger partial charge in [-0.15, -0.1) is 11.3 Å². The number of carbonyl (C=O) groups excluding carboxylic acids is 1. The molecular formula is C18H19F2N3OS. The largest absolute Gasteiger partial charge is 0.302 e. The van der Waals surface area contributed by atoms with Gasteiger partial charge in [0.25, 0.3) is 0 Å². The van der Waals surface area contributed by atoms with E-state index >= 15 is 0 Å². The minimum absolute atomic E-state index is 0.00624. The molecular weight excluding hydrogens is 344 g/mol. The van der Waals surface area contributed by atoms with Crippen molar-refractivity contribution in [1.29, 1.82) is 0 Å². The number of hydrogen-bond donors (Lipinski definition) is 1. The van der Waals surface area contributed by atoms with Crippen molar-refractivity contribution in [3.8, 4) is 11.3 Å². The van der Waals surface area contributed by atoms with Crippen LogP contribution in [0.4, 0.5) is 13.9 Å². The van der Waals surface area contributed by atoms with E-state index in [9.17, 15) is 13.6 Å². The number of rotatable bonds is 4. The van der Waals surface area contributed by atoms with E-state index in [1.54, 1.807) is 5.38 Å². The highest BCUT2D eigenvalue weighted by Crippen LogP contribution is 2.32. The molecule has 1 N–H and O–H groups in total. The number of carbonyl (C=O) groups is 1. The number of piperidine rings is 1. The molecule has 1 aromatic carbocycles. The fraction of sp³-hybridized carbons (Fsp3) is 0.444. The van der Waals surface area contributed by atoms with E-state index in [4.69, 9.17) is 0 Å². The van der Waals surface area contributed by atoms with Gasteiger partial charge in [0.05, 0.1) is 5.69 Å². The van der Waals surface area contributed by atoms with Crippen molar-refractivity contribution >= 4 is 22.4 Å². The summed E-state index contributed by atoms with van der Waals surface area (Å²) in [6, 6.07) is 4.01. The van der Waals surface area contributed by atoms with E-state index in [2.05, 4.69) is 15.2 Å². The van der Waals surface area contributed by atoms with Gasteiger partial charge in [-0.05, 0) is 57.0 Å². The molecule has 4 rings (SSSR count). The summed E-state index contributed by atoms with van der Waals surface area (Å²) in [6.07, 6.45) is 4.29. The summed E-state index contributed by atoms with van der Waals surface area (Å²) in [5.74, 6) is -1.08. The third-order valence-corrected chi connectivity index (χ3v) is 5.66. The molecule has 25 heavy (non-hydrogen) atoms. The van der Waals surface area contributed by atoms with Crippen LogP contribution in [0.3, 0.4) is 0 Å². The Bertz CT molecular complexity index is 782. The Kier molecular flexibility index (Phi) is 4.52. The fourth-order valence-corrected chi connectivity index (χ4v) is 4.04. The van der Waals surface area contributed by atoms with Crippen LogP contribution in [0.15, 0.2) is 23.6 Å². The number of hydrogen-bond acceptors (Lipinski definition) is 4. The molecule has 0 bridgehead atoms. The van der Waals surface area contributed by atoms with Gasteiger partial charge in [0.2, 0.25) is 5.91 Å². The smallest absolute Gasteiger partial charge is 0.229 e. The molecule has 2 heterocycles. The maximum atomic E-state index is 13.8. The van der Waals surface area contributed by atoms with Gasteiger partial charge in [0.15, 0.2) is 5.13 Å². The summed E-state index contributed by atoms with van der Waals surface area (Å²) in [6.45, 7) is 1.95. The second-order valence-electron chi connectivity index (χ2n) is 6.69. The first-order valence-electron chi connectivity index (χ1n) is 8.56. The van der Waals surface area contributed by atoms with Crippen LogP contribution in [0.2, 0.25) is 0 Å². The van der Waals surface area contributed by atoms with E-state index in [-0.39, 0.29) is 17.4 Å². The number of halogens is 2. The predicted molar refractivity (Wildman–Crippen MR) is 93.4 cm³/mol. The first kappa shape index (κ1) is 16.6. The molecule has 1 aliphatic carbocycles. The lowest BCUT2D eigenvalue weighted by Gasteiger charge is -2.31. The second kappa shape index (κ2) is 6.80. The van der Waals surface area contributed by atoms with Crippen molar-refractivity contribution < 1.29 is 13.6 Å². The standard InChI is InChI=1S/C18H19F2N3OS/c19-12-1-4-15(20)14(9-12)16-10-25-18(21-16)22-17(24)11-5-7-23(8-6-11)13-2-3-13/h1,4,9-11,13H,2-3,5-8H2,(H,21,22,24). The Hall–Kier alpha value is -1.86. The third-order valence-electron chi connectivity index (χ3n) is 4.90. The van der Waals surface area contributed by atoms with Crippen LogP contribution < -0.4 is 5.32 Å². The van der Waals surface area contributed by atoms with Gasteiger partial charge in [-0.2, -0.15) is 0 Å². The second-order valence-corrected chi connectivity index (χ2v) is 7.55. The van der Waals surface area contributed by atoms with Gasteiger partial charge in [-0.3, -0.25) is 4.79 Å². The lowest BCUT2D eigenvalue weighted by Crippen LogP contribution is -2.39. The molecule has 1 saturated heterocycles. The highest BCUT2D eigenvalue weighted by Gasteiger charge is 2.33. The summed E-state index contributed by atoms with van der Waals surface area (Å²) in [7, 11) is 0. The van der Waals surface area contributed by atoms with Gasteiger partial charge in [0.1, 0.15) is 11.6 Å². The van der Waals surface area contributed by atoms with Crippen LogP contribution in [0.1, 0.15) is 25.7 Å². The van der Waals surface area contributed by atoms with Crippen LogP contribution in [-0.2, 0) is 4.79 Å². The molecule has 7 heteroatoms. The molecule has 0 radical (unpaired) electrons. The first-order valence-corrected chi connectivity index (χ1v) is 9.44. The molecule has 2 aliphatic rings. The summed E-state index contributed by atoms with van der Waals surface area (Å²) >= 11 is 1.22. The maximum absolute atomic E-state index is 13.8. The van der Waals surface area contributed by atoms with E-state index < -0.39 is 11.6 Å². The summed E-state index contributed by atoms with van der Waals surface area (Å²) in [5, 5.41) is 4.88. The Morgan fingerprint density at radius 2 is 1.96 bits per heavy atom. The van der Waals surface area contributed by atoms with Gasteiger partial charge in [-0.1, -0.05) is 0 Å². The predicted octanol–water partition coefficient (Wildman–Crippen LogP) is 3.90. The zero-order valence-electron chi connectivity index (χ0n) is 13.7. The van der Waals surface area contributed by atoms with Crippen molar-refractivity contribution in [2.45, 2.75) is 31.7 Å². The Morgan fingerprint density at radius 3 is 2.68 bits per heavy atom. The lowest BCUT2D eigenvalue weighted by atomic mass is 9.96. The van der Waals surface area contributed by atoms with E-state index in [1.807, 2.05) is 0 Å². The van der Waals surface area contributed by atoms with E-state index in [1.165, 1.54) is 24.2 Å². The normalized spacial score (nSPS) is 19.1. The van der Waals surface area contributed by atoms with E-state index in [0.29, 0.717) is 10.8 Å². The molecule has 0 spiro atoms. The summed E-state index contributed by atoms with van der Waals surface area (Å²) in [4.78, 5) is 19.1. The van der Waals surface area contributed by atoms with Crippen molar-refractivity contribution in [3.05, 3.63) is 35.2 Å². The zero-order valence-corrected chi connectivity index (χ0v) is 14.5. The van der Waals surface area contributed by atoms with Gasteiger partial charge in [0, 0.05) is 22.9 Å². The zero-order chi connectivity index (χ0) is 17.4. The molecule has 1 amide bonds. The molecule has 1 aromatic heterocycles. The molecule has 2 aromatic rings. The number of anilines is 1. The van der Waals surface area contributed by atoms with Crippen molar-refractivity contribution in [1.82, 2.24) is 9.88 Å². The number of thiazole rings is 1. The van der Waals surface area contributed by atoms with Crippen LogP contribution >= 0.6 is 11.3 Å². The number of benzene rings is 1. The van der Waals surface area contributed by atoms with E-state index in [0.717, 1.165) is 50.2 Å². The lowest BCUT2D eigenvalue weighted by molar-refractivity contribution is -0.121. The number of likely N-dealkylation sites (tertiary alicyclic amines) is 1. The van der Waals surface area contributed by atoms with Gasteiger partial charge in [-0.25, -0.2) is 13.8 Å². The number of aromatic nitrogens is 1. The third kappa shape index (κ3) is 3.72. The fourth-order valence-electron chi connectivity index (χ4n) is 3.32. The SMILES string of the molecule is O=C(Nc1nc(-c2cc(F)ccc2F)cs1)C1CCN(C2CC2)CC1. The van der Waals surface area contributed by atoms with Crippen LogP contribution in [0.25, 0.3) is 11.3 Å². The molecule has 0 atom stereocenters. The highest BCUT2D eigenvalue weighted by molar-refractivity contribution is 7.14. The van der Waals surface area contributed by atoms with Crippen molar-refractivity contribution in [2.24, 2.45) is 5.92 Å². The number of amides is 1. The topological polar surface area (TPSA) is 45.2 Å². The molecule has 2 fully saturated rings. The average molecular weight is 363 g/mol. The van der Waals surface area contributed by atoms with Gasteiger partial charge >= 0.3 is 0 Å². The maximum Gasteiger partial charge on any atom is 0.229 e. The molecule has 132 valence electrons. The van der Waals surface area contributed by atoms with Crippen molar-refractivity contribution in [2.75, 3.05) is 18.4 Å². The molecule has 4 nitrogen and oxygen atoms in total. The number of nitrogens with one attached hydrogen (secondary N) is 1. The molecule has 1 aliphatic heterocycles. The quantitative estimate of drug-likeness (QED) is 0.896. The molecule has 0 unspecified atom stereocenters. The van der Waals surface area contributed by atoms with Crippen LogP contribution in [0.5, 0.6) is 0 Å². The Morgan fingerprint density at radius 1 is 1.20 bits per heavy atom. The van der Waals surface area contributed by atoms with Crippen LogP contribution in [0, 0.1) is 17.6 Å². The number of nitrogens with zero attached hydrogens (tertiary/aromatic N) is 2.